The molecule has 134 valence electrons. The van der Waals surface area contributed by atoms with E-state index in [1.54, 1.807) is 6.07 Å². The van der Waals surface area contributed by atoms with Crippen LogP contribution in [0.4, 0.5) is 13.2 Å². The van der Waals surface area contributed by atoms with E-state index in [-0.39, 0.29) is 30.2 Å². The Bertz CT molecular complexity index is 917. The van der Waals surface area contributed by atoms with Crippen molar-refractivity contribution in [2.24, 2.45) is 0 Å². The van der Waals surface area contributed by atoms with Gasteiger partial charge in [0, 0.05) is 12.1 Å². The van der Waals surface area contributed by atoms with Gasteiger partial charge in [0.2, 0.25) is 5.91 Å². The average molecular weight is 359 g/mol. The normalized spacial score (nSPS) is 11.3. The highest BCUT2D eigenvalue weighted by Crippen LogP contribution is 2.26. The molecule has 0 aliphatic heterocycles. The first-order valence-corrected chi connectivity index (χ1v) is 7.99. The Morgan fingerprint density at radius 3 is 2.35 bits per heavy atom. The summed E-state index contributed by atoms with van der Waals surface area (Å²) in [7, 11) is 0. The number of nitrogens with one attached hydrogen (secondary N) is 1. The highest BCUT2D eigenvalue weighted by molar-refractivity contribution is 5.90. The molecule has 0 aliphatic rings. The van der Waals surface area contributed by atoms with Crippen LogP contribution in [-0.4, -0.2) is 12.3 Å². The second kappa shape index (κ2) is 7.47. The summed E-state index contributed by atoms with van der Waals surface area (Å²) >= 11 is 0. The molecule has 6 heteroatoms. The SMILES string of the molecule is O=C(Cc1cccc2ccccc12)NCc1ccccc1OC(F)(F)F. The molecule has 0 aromatic heterocycles. The molecule has 0 fully saturated rings. The molecule has 0 saturated heterocycles. The standard InChI is InChI=1S/C20H16F3NO2/c21-20(22,23)26-18-11-4-2-7-16(18)13-24-19(25)12-15-9-5-8-14-6-1-3-10-17(14)15/h1-11H,12-13H2,(H,24,25). The molecule has 3 rings (SSSR count). The molecular weight excluding hydrogens is 343 g/mol. The summed E-state index contributed by atoms with van der Waals surface area (Å²) in [6, 6.07) is 19.2. The van der Waals surface area contributed by atoms with Gasteiger partial charge in [0.15, 0.2) is 0 Å². The molecule has 3 aromatic carbocycles. The third-order valence-electron chi connectivity index (χ3n) is 3.91. The van der Waals surface area contributed by atoms with Gasteiger partial charge in [-0.05, 0) is 22.4 Å². The van der Waals surface area contributed by atoms with Gasteiger partial charge in [0.25, 0.3) is 0 Å². The van der Waals surface area contributed by atoms with Gasteiger partial charge in [-0.15, -0.1) is 13.2 Å². The lowest BCUT2D eigenvalue weighted by Crippen LogP contribution is -2.25. The summed E-state index contributed by atoms with van der Waals surface area (Å²) in [5, 5.41) is 4.66. The van der Waals surface area contributed by atoms with E-state index >= 15 is 0 Å². The highest BCUT2D eigenvalue weighted by atomic mass is 19.4. The van der Waals surface area contributed by atoms with Crippen LogP contribution in [0.5, 0.6) is 5.75 Å². The zero-order valence-corrected chi connectivity index (χ0v) is 13.7. The number of rotatable bonds is 5. The van der Waals surface area contributed by atoms with Crippen molar-refractivity contribution in [2.75, 3.05) is 0 Å². The van der Waals surface area contributed by atoms with E-state index in [0.29, 0.717) is 0 Å². The fourth-order valence-electron chi connectivity index (χ4n) is 2.75. The Balaban J connectivity index is 1.68. The summed E-state index contributed by atoms with van der Waals surface area (Å²) in [5.41, 5.74) is 1.12. The molecule has 3 nitrogen and oxygen atoms in total. The zero-order chi connectivity index (χ0) is 18.6. The van der Waals surface area contributed by atoms with Gasteiger partial charge in [0.05, 0.1) is 6.42 Å². The van der Waals surface area contributed by atoms with Crippen LogP contribution in [0.3, 0.4) is 0 Å². The molecule has 1 N–H and O–H groups in total. The number of carbonyl (C=O) groups excluding carboxylic acids is 1. The third kappa shape index (κ3) is 4.53. The van der Waals surface area contributed by atoms with Crippen molar-refractivity contribution in [3.8, 4) is 5.75 Å². The van der Waals surface area contributed by atoms with Gasteiger partial charge in [-0.3, -0.25) is 4.79 Å². The maximum atomic E-state index is 12.4. The maximum Gasteiger partial charge on any atom is 0.573 e. The van der Waals surface area contributed by atoms with Crippen molar-refractivity contribution >= 4 is 16.7 Å². The smallest absolute Gasteiger partial charge is 0.405 e. The van der Waals surface area contributed by atoms with E-state index in [9.17, 15) is 18.0 Å². The molecular formula is C20H16F3NO2. The minimum Gasteiger partial charge on any atom is -0.405 e. The maximum absolute atomic E-state index is 12.4. The first-order valence-electron chi connectivity index (χ1n) is 7.99. The monoisotopic (exact) mass is 359 g/mol. The van der Waals surface area contributed by atoms with Crippen molar-refractivity contribution in [3.05, 3.63) is 77.9 Å². The summed E-state index contributed by atoms with van der Waals surface area (Å²) in [6.07, 6.45) is -4.63. The number of ether oxygens (including phenoxy) is 1. The van der Waals surface area contributed by atoms with Crippen LogP contribution in [0.2, 0.25) is 0 Å². The van der Waals surface area contributed by atoms with Gasteiger partial charge < -0.3 is 10.1 Å². The van der Waals surface area contributed by atoms with Crippen LogP contribution in [0.25, 0.3) is 10.8 Å². The molecule has 0 heterocycles. The van der Waals surface area contributed by atoms with E-state index in [4.69, 9.17) is 0 Å². The zero-order valence-electron chi connectivity index (χ0n) is 13.7. The van der Waals surface area contributed by atoms with Gasteiger partial charge in [0.1, 0.15) is 5.75 Å². The first kappa shape index (κ1) is 17.8. The minimum absolute atomic E-state index is 0.0458. The van der Waals surface area contributed by atoms with Crippen LogP contribution in [0, 0.1) is 0 Å². The van der Waals surface area contributed by atoms with E-state index in [1.165, 1.54) is 18.2 Å². The second-order valence-electron chi connectivity index (χ2n) is 5.75. The van der Waals surface area contributed by atoms with Crippen molar-refractivity contribution in [2.45, 2.75) is 19.3 Å². The van der Waals surface area contributed by atoms with E-state index in [0.717, 1.165) is 16.3 Å². The lowest BCUT2D eigenvalue weighted by molar-refractivity contribution is -0.274. The Labute approximate surface area is 148 Å². The Morgan fingerprint density at radius 2 is 1.54 bits per heavy atom. The first-order chi connectivity index (χ1) is 12.4. The molecule has 0 radical (unpaired) electrons. The molecule has 0 bridgehead atoms. The number of hydrogen-bond acceptors (Lipinski definition) is 2. The van der Waals surface area contributed by atoms with Gasteiger partial charge >= 0.3 is 6.36 Å². The predicted octanol–water partition coefficient (Wildman–Crippen LogP) is 4.60. The van der Waals surface area contributed by atoms with Crippen LogP contribution < -0.4 is 10.1 Å². The minimum atomic E-state index is -4.77. The fourth-order valence-corrected chi connectivity index (χ4v) is 2.75. The van der Waals surface area contributed by atoms with E-state index in [2.05, 4.69) is 10.1 Å². The topological polar surface area (TPSA) is 38.3 Å². The number of carbonyl (C=O) groups is 1. The predicted molar refractivity (Wildman–Crippen MR) is 92.6 cm³/mol. The van der Waals surface area contributed by atoms with E-state index in [1.807, 2.05) is 42.5 Å². The quantitative estimate of drug-likeness (QED) is 0.723. The molecule has 0 atom stereocenters. The number of fused-ring (bicyclic) bond motifs is 1. The van der Waals surface area contributed by atoms with Crippen molar-refractivity contribution < 1.29 is 22.7 Å². The van der Waals surface area contributed by atoms with Crippen LogP contribution in [0.1, 0.15) is 11.1 Å². The van der Waals surface area contributed by atoms with Crippen LogP contribution in [-0.2, 0) is 17.8 Å². The van der Waals surface area contributed by atoms with Crippen LogP contribution >= 0.6 is 0 Å². The molecule has 0 saturated carbocycles. The van der Waals surface area contributed by atoms with Gasteiger partial charge in [-0.1, -0.05) is 60.7 Å². The largest absolute Gasteiger partial charge is 0.573 e. The summed E-state index contributed by atoms with van der Waals surface area (Å²) in [6.45, 7) is -0.0458. The number of para-hydroxylation sites is 1. The summed E-state index contributed by atoms with van der Waals surface area (Å²) in [4.78, 5) is 12.3. The Hall–Kier alpha value is -3.02. The third-order valence-corrected chi connectivity index (χ3v) is 3.91. The molecule has 26 heavy (non-hydrogen) atoms. The second-order valence-corrected chi connectivity index (χ2v) is 5.75. The lowest BCUT2D eigenvalue weighted by Gasteiger charge is -2.14. The molecule has 3 aromatic rings. The molecule has 1 amide bonds. The number of alkyl halides is 3. The number of hydrogen-bond donors (Lipinski definition) is 1. The molecule has 0 aliphatic carbocycles. The summed E-state index contributed by atoms with van der Waals surface area (Å²) < 4.78 is 41.3. The number of amides is 1. The average Bonchev–Trinajstić information content (AvgIpc) is 2.60. The fraction of sp³-hybridized carbons (Fsp3) is 0.150. The van der Waals surface area contributed by atoms with E-state index < -0.39 is 6.36 Å². The summed E-state index contributed by atoms with van der Waals surface area (Å²) in [5.74, 6) is -0.589. The molecule has 0 spiro atoms. The molecule has 0 unspecified atom stereocenters. The van der Waals surface area contributed by atoms with Crippen LogP contribution in [0.15, 0.2) is 66.7 Å². The number of halogens is 3. The Morgan fingerprint density at radius 1 is 0.885 bits per heavy atom. The lowest BCUT2D eigenvalue weighted by atomic mass is 10.0. The Kier molecular flexibility index (Phi) is 5.11. The van der Waals surface area contributed by atoms with Crippen molar-refractivity contribution in [3.63, 3.8) is 0 Å². The number of benzene rings is 3. The van der Waals surface area contributed by atoms with Crippen molar-refractivity contribution in [1.29, 1.82) is 0 Å². The van der Waals surface area contributed by atoms with Gasteiger partial charge in [-0.2, -0.15) is 0 Å². The van der Waals surface area contributed by atoms with Crippen molar-refractivity contribution in [1.82, 2.24) is 5.32 Å². The van der Waals surface area contributed by atoms with Gasteiger partial charge in [-0.25, -0.2) is 0 Å². The highest BCUT2D eigenvalue weighted by Gasteiger charge is 2.31.